The summed E-state index contributed by atoms with van der Waals surface area (Å²) in [5.74, 6) is 3.08. The second-order valence-electron chi connectivity index (χ2n) is 9.20. The average Bonchev–Trinajstić information content (AvgIpc) is 2.67. The normalized spacial score (nSPS) is 38.5. The molecule has 2 saturated carbocycles. The summed E-state index contributed by atoms with van der Waals surface area (Å²) in [5, 5.41) is 0. The Morgan fingerprint density at radius 1 is 0.962 bits per heavy atom. The lowest BCUT2D eigenvalue weighted by atomic mass is 9.45. The van der Waals surface area contributed by atoms with Crippen LogP contribution in [0.5, 0.6) is 5.75 Å². The van der Waals surface area contributed by atoms with Crippen molar-refractivity contribution in [2.24, 2.45) is 17.3 Å². The molecule has 1 nitrogen and oxygen atoms in total. The lowest BCUT2D eigenvalue weighted by Gasteiger charge is -2.64. The molecule has 0 bridgehead atoms. The Balaban J connectivity index is 1.65. The fraction of sp³-hybridized carbons (Fsp3) is 0.520. The van der Waals surface area contributed by atoms with E-state index in [1.54, 1.807) is 0 Å². The van der Waals surface area contributed by atoms with Crippen LogP contribution in [0, 0.1) is 17.3 Å². The minimum absolute atomic E-state index is 0.00220. The molecule has 2 aromatic rings. The van der Waals surface area contributed by atoms with Crippen molar-refractivity contribution < 1.29 is 4.74 Å². The molecule has 2 aromatic carbocycles. The molecule has 1 heterocycles. The average molecular weight is 347 g/mol. The molecule has 1 spiro atoms. The van der Waals surface area contributed by atoms with E-state index < -0.39 is 0 Å². The van der Waals surface area contributed by atoms with Gasteiger partial charge in [-0.05, 0) is 61.1 Å². The van der Waals surface area contributed by atoms with Gasteiger partial charge in [-0.1, -0.05) is 68.8 Å². The molecule has 1 aliphatic heterocycles. The van der Waals surface area contributed by atoms with Crippen molar-refractivity contribution in [3.63, 3.8) is 0 Å². The molecule has 0 aromatic heterocycles. The first-order valence-corrected chi connectivity index (χ1v) is 10.5. The molecule has 2 aliphatic carbocycles. The maximum Gasteiger partial charge on any atom is 0.123 e. The predicted molar refractivity (Wildman–Crippen MR) is 107 cm³/mol. The third-order valence-corrected chi connectivity index (χ3v) is 8.11. The molecule has 0 N–H and O–H groups in total. The topological polar surface area (TPSA) is 9.23 Å². The zero-order valence-corrected chi connectivity index (χ0v) is 16.1. The number of rotatable bonds is 1. The van der Waals surface area contributed by atoms with Crippen LogP contribution in [0.1, 0.15) is 63.0 Å². The van der Waals surface area contributed by atoms with E-state index in [0.29, 0.717) is 17.8 Å². The first kappa shape index (κ1) is 16.4. The summed E-state index contributed by atoms with van der Waals surface area (Å²) in [5.41, 5.74) is 3.17. The van der Waals surface area contributed by atoms with Crippen molar-refractivity contribution in [1.82, 2.24) is 0 Å². The highest BCUT2D eigenvalue weighted by Gasteiger charge is 2.64. The lowest BCUT2D eigenvalue weighted by Crippen LogP contribution is -2.66. The van der Waals surface area contributed by atoms with Gasteiger partial charge in [0.15, 0.2) is 0 Å². The van der Waals surface area contributed by atoms with E-state index >= 15 is 0 Å². The van der Waals surface area contributed by atoms with Crippen LogP contribution in [-0.2, 0) is 6.42 Å². The summed E-state index contributed by atoms with van der Waals surface area (Å²) in [6.45, 7) is 5.02. The number of para-hydroxylation sites is 1. The molecule has 0 unspecified atom stereocenters. The summed E-state index contributed by atoms with van der Waals surface area (Å²) in [4.78, 5) is 0. The highest BCUT2D eigenvalue weighted by Crippen LogP contribution is 2.65. The van der Waals surface area contributed by atoms with Crippen LogP contribution in [-0.4, -0.2) is 5.60 Å². The molecule has 2 fully saturated rings. The Morgan fingerprint density at radius 3 is 2.58 bits per heavy atom. The van der Waals surface area contributed by atoms with Crippen molar-refractivity contribution >= 4 is 0 Å². The summed E-state index contributed by atoms with van der Waals surface area (Å²) >= 11 is 0. The predicted octanol–water partition coefficient (Wildman–Crippen LogP) is 6.38. The van der Waals surface area contributed by atoms with Gasteiger partial charge in [-0.3, -0.25) is 0 Å². The van der Waals surface area contributed by atoms with Crippen LogP contribution >= 0.6 is 0 Å². The van der Waals surface area contributed by atoms with E-state index in [4.69, 9.17) is 4.74 Å². The number of fused-ring (bicyclic) bond motifs is 1. The van der Waals surface area contributed by atoms with Crippen LogP contribution < -0.4 is 4.74 Å². The van der Waals surface area contributed by atoms with Gasteiger partial charge < -0.3 is 4.74 Å². The molecule has 3 aliphatic rings. The van der Waals surface area contributed by atoms with E-state index in [0.717, 1.165) is 5.75 Å². The number of ether oxygens (including phenoxy) is 1. The van der Waals surface area contributed by atoms with Crippen molar-refractivity contribution in [2.75, 3.05) is 0 Å². The molecule has 26 heavy (non-hydrogen) atoms. The zero-order chi connectivity index (χ0) is 17.8. The first-order valence-electron chi connectivity index (χ1n) is 10.5. The minimum Gasteiger partial charge on any atom is -0.486 e. The standard InChI is InChI=1S/C25H30O/c1-18-16-21(19-10-4-3-5-11-19)22-13-8-9-15-25(22)24(18,2)17-20-12-6-7-14-23(20)26-25/h3-7,10-12,14,18,21-22H,8-9,13,15-17H2,1-2H3/t18-,21-,22-,24+,25+/m1/s1. The minimum atomic E-state index is -0.00220. The number of hydrogen-bond donors (Lipinski definition) is 0. The molecule has 0 amide bonds. The Bertz CT molecular complexity index is 797. The summed E-state index contributed by atoms with van der Waals surface area (Å²) in [7, 11) is 0. The summed E-state index contributed by atoms with van der Waals surface area (Å²) in [6, 6.07) is 20.0. The van der Waals surface area contributed by atoms with Gasteiger partial charge in [-0.15, -0.1) is 0 Å². The van der Waals surface area contributed by atoms with Gasteiger partial charge in [0.2, 0.25) is 0 Å². The molecule has 0 radical (unpaired) electrons. The van der Waals surface area contributed by atoms with Gasteiger partial charge in [-0.25, -0.2) is 0 Å². The Morgan fingerprint density at radius 2 is 1.73 bits per heavy atom. The van der Waals surface area contributed by atoms with Crippen molar-refractivity contribution in [1.29, 1.82) is 0 Å². The van der Waals surface area contributed by atoms with Crippen molar-refractivity contribution in [2.45, 2.75) is 63.9 Å². The third-order valence-electron chi connectivity index (χ3n) is 8.11. The van der Waals surface area contributed by atoms with E-state index in [-0.39, 0.29) is 11.0 Å². The van der Waals surface area contributed by atoms with E-state index in [9.17, 15) is 0 Å². The van der Waals surface area contributed by atoms with Gasteiger partial charge >= 0.3 is 0 Å². The largest absolute Gasteiger partial charge is 0.486 e. The molecular formula is C25H30O. The zero-order valence-electron chi connectivity index (χ0n) is 16.1. The van der Waals surface area contributed by atoms with E-state index in [1.165, 1.54) is 49.7 Å². The fourth-order valence-electron chi connectivity index (χ4n) is 6.61. The second-order valence-corrected chi connectivity index (χ2v) is 9.20. The molecular weight excluding hydrogens is 316 g/mol. The molecule has 0 saturated heterocycles. The Hall–Kier alpha value is -1.76. The quantitative estimate of drug-likeness (QED) is 0.582. The smallest absolute Gasteiger partial charge is 0.123 e. The SMILES string of the molecule is C[C@@H]1C[C@H](c2ccccc2)[C@H]2CCCC[C@]23Oc2ccccc2C[C@@]13C. The highest BCUT2D eigenvalue weighted by atomic mass is 16.5. The van der Waals surface area contributed by atoms with E-state index in [2.05, 4.69) is 68.4 Å². The molecule has 5 atom stereocenters. The maximum absolute atomic E-state index is 7.05. The van der Waals surface area contributed by atoms with Crippen LogP contribution in [0.15, 0.2) is 54.6 Å². The number of hydrogen-bond acceptors (Lipinski definition) is 1. The lowest BCUT2D eigenvalue weighted by molar-refractivity contribution is -0.186. The van der Waals surface area contributed by atoms with Gasteiger partial charge in [0.05, 0.1) is 0 Å². The summed E-state index contributed by atoms with van der Waals surface area (Å²) < 4.78 is 7.05. The Labute approximate surface area is 157 Å². The van der Waals surface area contributed by atoms with Crippen LogP contribution in [0.2, 0.25) is 0 Å². The Kier molecular flexibility index (Phi) is 3.71. The van der Waals surface area contributed by atoms with Crippen molar-refractivity contribution in [3.05, 3.63) is 65.7 Å². The van der Waals surface area contributed by atoms with Crippen LogP contribution in [0.3, 0.4) is 0 Å². The summed E-state index contributed by atoms with van der Waals surface area (Å²) in [6.07, 6.45) is 7.65. The van der Waals surface area contributed by atoms with Crippen molar-refractivity contribution in [3.8, 4) is 5.75 Å². The van der Waals surface area contributed by atoms with Crippen LogP contribution in [0.25, 0.3) is 0 Å². The second kappa shape index (κ2) is 5.87. The monoisotopic (exact) mass is 346 g/mol. The molecule has 1 heteroatoms. The maximum atomic E-state index is 7.05. The third kappa shape index (κ3) is 2.15. The van der Waals surface area contributed by atoms with Gasteiger partial charge in [0.1, 0.15) is 11.4 Å². The molecule has 136 valence electrons. The van der Waals surface area contributed by atoms with Crippen LogP contribution in [0.4, 0.5) is 0 Å². The molecule has 5 rings (SSSR count). The van der Waals surface area contributed by atoms with E-state index in [1.807, 2.05) is 0 Å². The fourth-order valence-corrected chi connectivity index (χ4v) is 6.61. The van der Waals surface area contributed by atoms with Gasteiger partial charge in [-0.2, -0.15) is 0 Å². The van der Waals surface area contributed by atoms with Gasteiger partial charge in [0.25, 0.3) is 0 Å². The van der Waals surface area contributed by atoms with Gasteiger partial charge in [0, 0.05) is 11.3 Å². The first-order chi connectivity index (χ1) is 12.6. The highest BCUT2D eigenvalue weighted by molar-refractivity contribution is 5.40. The number of benzene rings is 2.